The lowest BCUT2D eigenvalue weighted by molar-refractivity contribution is 0.0697. The molecular weight excluding hydrogens is 210 g/mol. The number of carbonyl (C=O) groups is 1. The molecule has 1 N–H and O–H groups in total. The predicted octanol–water partition coefficient (Wildman–Crippen LogP) is 1.87. The number of aromatic nitrogens is 1. The Morgan fingerprint density at radius 3 is 2.69 bits per heavy atom. The van der Waals surface area contributed by atoms with Gasteiger partial charge in [-0.25, -0.2) is 14.3 Å². The summed E-state index contributed by atoms with van der Waals surface area (Å²) in [6.45, 7) is 3.71. The van der Waals surface area contributed by atoms with Crippen molar-refractivity contribution >= 4 is 16.9 Å². The average molecular weight is 221 g/mol. The fourth-order valence-electron chi connectivity index (χ4n) is 1.59. The normalized spacial score (nSPS) is 11.2. The molecule has 0 aliphatic rings. The van der Waals surface area contributed by atoms with Crippen molar-refractivity contribution in [3.05, 3.63) is 34.2 Å². The summed E-state index contributed by atoms with van der Waals surface area (Å²) in [5.41, 5.74) is 0.211. The van der Waals surface area contributed by atoms with Crippen LogP contribution >= 0.6 is 0 Å². The Morgan fingerprint density at radius 2 is 2.12 bits per heavy atom. The highest BCUT2D eigenvalue weighted by molar-refractivity contribution is 5.92. The molecule has 1 aromatic heterocycles. The molecule has 1 heterocycles. The van der Waals surface area contributed by atoms with Crippen molar-refractivity contribution in [2.24, 2.45) is 0 Å². The van der Waals surface area contributed by atoms with E-state index in [0.717, 1.165) is 0 Å². The molecule has 0 amide bonds. The van der Waals surface area contributed by atoms with Crippen LogP contribution in [0.1, 0.15) is 30.2 Å². The highest BCUT2D eigenvalue weighted by atomic mass is 16.5. The molecule has 0 fully saturated rings. The Bertz CT molecular complexity index is 606. The van der Waals surface area contributed by atoms with Crippen molar-refractivity contribution in [1.29, 1.82) is 0 Å². The average Bonchev–Trinajstić information content (AvgIpc) is 2.56. The molecule has 84 valence electrons. The summed E-state index contributed by atoms with van der Waals surface area (Å²) < 4.78 is 6.45. The number of rotatable bonds is 2. The van der Waals surface area contributed by atoms with Crippen molar-refractivity contribution in [2.45, 2.75) is 19.9 Å². The second kappa shape index (κ2) is 3.52. The van der Waals surface area contributed by atoms with Crippen LogP contribution in [-0.2, 0) is 0 Å². The topological polar surface area (TPSA) is 72.4 Å². The van der Waals surface area contributed by atoms with Crippen LogP contribution in [0.25, 0.3) is 10.9 Å². The van der Waals surface area contributed by atoms with Gasteiger partial charge in [0.15, 0.2) is 0 Å². The molecule has 0 saturated carbocycles. The summed E-state index contributed by atoms with van der Waals surface area (Å²) in [7, 11) is 0. The second-order valence-electron chi connectivity index (χ2n) is 3.84. The van der Waals surface area contributed by atoms with Crippen molar-refractivity contribution in [3.63, 3.8) is 0 Å². The fraction of sp³-hybridized carbons (Fsp3) is 0.273. The van der Waals surface area contributed by atoms with Crippen LogP contribution in [0.2, 0.25) is 0 Å². The maximum absolute atomic E-state index is 11.5. The van der Waals surface area contributed by atoms with E-state index in [1.54, 1.807) is 0 Å². The van der Waals surface area contributed by atoms with Crippen LogP contribution in [0.15, 0.2) is 27.5 Å². The van der Waals surface area contributed by atoms with Crippen LogP contribution in [0.3, 0.4) is 0 Å². The first-order valence-corrected chi connectivity index (χ1v) is 4.89. The fourth-order valence-corrected chi connectivity index (χ4v) is 1.59. The zero-order valence-electron chi connectivity index (χ0n) is 8.93. The molecule has 0 unspecified atom stereocenters. The summed E-state index contributed by atoms with van der Waals surface area (Å²) >= 11 is 0. The van der Waals surface area contributed by atoms with E-state index in [1.165, 1.54) is 22.9 Å². The van der Waals surface area contributed by atoms with E-state index in [1.807, 2.05) is 13.8 Å². The van der Waals surface area contributed by atoms with Crippen molar-refractivity contribution in [1.82, 2.24) is 4.74 Å². The van der Waals surface area contributed by atoms with Crippen molar-refractivity contribution in [2.75, 3.05) is 0 Å². The van der Waals surface area contributed by atoms with Gasteiger partial charge < -0.3 is 9.63 Å². The summed E-state index contributed by atoms with van der Waals surface area (Å²) in [5.74, 6) is -1.02. The van der Waals surface area contributed by atoms with Crippen LogP contribution in [0.5, 0.6) is 0 Å². The largest absolute Gasteiger partial charge is 0.478 e. The molecule has 2 aromatic rings. The van der Waals surface area contributed by atoms with Gasteiger partial charge in [0, 0.05) is 0 Å². The minimum absolute atomic E-state index is 0.0331. The van der Waals surface area contributed by atoms with Crippen LogP contribution in [0, 0.1) is 0 Å². The summed E-state index contributed by atoms with van der Waals surface area (Å²) in [4.78, 5) is 22.3. The van der Waals surface area contributed by atoms with Crippen molar-refractivity contribution in [3.8, 4) is 0 Å². The van der Waals surface area contributed by atoms with E-state index >= 15 is 0 Å². The Hall–Kier alpha value is -2.04. The lowest BCUT2D eigenvalue weighted by Gasteiger charge is -2.05. The van der Waals surface area contributed by atoms with Gasteiger partial charge in [0.2, 0.25) is 0 Å². The highest BCUT2D eigenvalue weighted by Crippen LogP contribution is 2.17. The third kappa shape index (κ3) is 1.50. The van der Waals surface area contributed by atoms with Gasteiger partial charge in [-0.1, -0.05) is 0 Å². The minimum atomic E-state index is -1.02. The number of carboxylic acids is 1. The molecule has 0 aliphatic heterocycles. The van der Waals surface area contributed by atoms with Gasteiger partial charge in [0.1, 0.15) is 0 Å². The zero-order chi connectivity index (χ0) is 11.9. The molecule has 5 nitrogen and oxygen atoms in total. The van der Waals surface area contributed by atoms with E-state index in [-0.39, 0.29) is 11.6 Å². The Balaban J connectivity index is 2.79. The molecule has 0 radical (unpaired) electrons. The smallest absolute Gasteiger partial charge is 0.365 e. The third-order valence-electron chi connectivity index (χ3n) is 2.35. The van der Waals surface area contributed by atoms with E-state index in [2.05, 4.69) is 0 Å². The second-order valence-corrected chi connectivity index (χ2v) is 3.84. The Morgan fingerprint density at radius 1 is 1.44 bits per heavy atom. The predicted molar refractivity (Wildman–Crippen MR) is 57.8 cm³/mol. The lowest BCUT2D eigenvalue weighted by Crippen LogP contribution is -2.00. The van der Waals surface area contributed by atoms with E-state index in [4.69, 9.17) is 9.63 Å². The first kappa shape index (κ1) is 10.5. The molecule has 16 heavy (non-hydrogen) atoms. The number of hydrogen-bond donors (Lipinski definition) is 1. The first-order valence-electron chi connectivity index (χ1n) is 4.89. The molecule has 1 aromatic carbocycles. The van der Waals surface area contributed by atoms with E-state index in [9.17, 15) is 9.59 Å². The monoisotopic (exact) mass is 221 g/mol. The molecule has 5 heteroatoms. The van der Waals surface area contributed by atoms with E-state index < -0.39 is 11.6 Å². The summed E-state index contributed by atoms with van der Waals surface area (Å²) in [5, 5.41) is 9.26. The number of benzene rings is 1. The molecule has 0 bridgehead atoms. The van der Waals surface area contributed by atoms with Gasteiger partial charge in [-0.3, -0.25) is 0 Å². The van der Waals surface area contributed by atoms with Crippen LogP contribution in [-0.4, -0.2) is 15.8 Å². The summed E-state index contributed by atoms with van der Waals surface area (Å²) in [6.07, 6.45) is 0. The van der Waals surface area contributed by atoms with Gasteiger partial charge in [-0.05, 0) is 32.0 Å². The number of fused-ring (bicyclic) bond motifs is 1. The molecule has 0 aliphatic carbocycles. The van der Waals surface area contributed by atoms with Crippen LogP contribution < -0.4 is 5.63 Å². The summed E-state index contributed by atoms with van der Waals surface area (Å²) in [6, 6.07) is 4.28. The number of nitrogens with zero attached hydrogens (tertiary/aromatic N) is 1. The maximum atomic E-state index is 11.5. The molecule has 0 saturated heterocycles. The van der Waals surface area contributed by atoms with Crippen LogP contribution in [0.4, 0.5) is 0 Å². The quantitative estimate of drug-likeness (QED) is 0.840. The lowest BCUT2D eigenvalue weighted by atomic mass is 10.1. The van der Waals surface area contributed by atoms with Gasteiger partial charge in [-0.15, -0.1) is 0 Å². The maximum Gasteiger partial charge on any atom is 0.365 e. The molecule has 0 spiro atoms. The number of hydrogen-bond acceptors (Lipinski definition) is 3. The molecular formula is C11H11NO4. The number of aromatic carboxylic acids is 1. The number of carboxylic acid groups (broad SMARTS) is 1. The van der Waals surface area contributed by atoms with Gasteiger partial charge >= 0.3 is 11.6 Å². The third-order valence-corrected chi connectivity index (χ3v) is 2.35. The van der Waals surface area contributed by atoms with Gasteiger partial charge in [-0.2, -0.15) is 0 Å². The highest BCUT2D eigenvalue weighted by Gasteiger charge is 2.13. The standard InChI is InChI=1S/C11H11NO4/c1-6(2)12-9-5-7(10(13)14)3-4-8(9)11(15)16-12/h3-6H,1-2H3,(H,13,14). The first-order chi connectivity index (χ1) is 7.50. The zero-order valence-corrected chi connectivity index (χ0v) is 8.93. The Labute approximate surface area is 90.9 Å². The minimum Gasteiger partial charge on any atom is -0.478 e. The van der Waals surface area contributed by atoms with Crippen molar-refractivity contribution < 1.29 is 14.4 Å². The van der Waals surface area contributed by atoms with Gasteiger partial charge in [0.05, 0.1) is 22.5 Å². The Kier molecular flexibility index (Phi) is 2.30. The van der Waals surface area contributed by atoms with Gasteiger partial charge in [0.25, 0.3) is 0 Å². The molecule has 0 atom stereocenters. The molecule has 2 rings (SSSR count). The van der Waals surface area contributed by atoms with E-state index in [0.29, 0.717) is 10.9 Å². The SMILES string of the molecule is CC(C)n1oc(=O)c2ccc(C(=O)O)cc21.